The highest BCUT2D eigenvalue weighted by Gasteiger charge is 2.21. The number of hydrogen-bond donors (Lipinski definition) is 0. The van der Waals surface area contributed by atoms with Gasteiger partial charge in [-0.2, -0.15) is 4.98 Å². The van der Waals surface area contributed by atoms with Crippen molar-refractivity contribution in [1.82, 2.24) is 14.9 Å². The monoisotopic (exact) mass is 353 g/mol. The number of benzene rings is 1. The van der Waals surface area contributed by atoms with Crippen LogP contribution in [0.25, 0.3) is 0 Å². The summed E-state index contributed by atoms with van der Waals surface area (Å²) in [7, 11) is 0. The van der Waals surface area contributed by atoms with Crippen LogP contribution in [0.4, 0.5) is 11.8 Å². The standard InChI is InChI=1S/C20H27N5O/c1-4-23(15-18-8-6-5-7-9-18)20-21-16(2)14-19(22-20)25-12-10-24(11-13-25)17(3)26/h5-9,14H,4,10-13,15H2,1-3H3. The zero-order chi connectivity index (χ0) is 18.5. The lowest BCUT2D eigenvalue weighted by atomic mass is 10.2. The van der Waals surface area contributed by atoms with Gasteiger partial charge in [0, 0.05) is 58.0 Å². The molecule has 1 saturated heterocycles. The van der Waals surface area contributed by atoms with Gasteiger partial charge in [-0.3, -0.25) is 4.79 Å². The second-order valence-corrected chi connectivity index (χ2v) is 6.66. The van der Waals surface area contributed by atoms with Gasteiger partial charge < -0.3 is 14.7 Å². The first-order chi connectivity index (χ1) is 12.6. The quantitative estimate of drug-likeness (QED) is 0.827. The van der Waals surface area contributed by atoms with Crippen LogP contribution in [0.1, 0.15) is 25.1 Å². The summed E-state index contributed by atoms with van der Waals surface area (Å²) in [6.45, 7) is 10.5. The topological polar surface area (TPSA) is 52.6 Å². The third-order valence-corrected chi connectivity index (χ3v) is 4.76. The second kappa shape index (κ2) is 8.17. The SMILES string of the molecule is CCN(Cc1ccccc1)c1nc(C)cc(N2CCN(C(C)=O)CC2)n1. The number of rotatable bonds is 5. The number of aryl methyl sites for hydroxylation is 1. The fourth-order valence-electron chi connectivity index (χ4n) is 3.22. The summed E-state index contributed by atoms with van der Waals surface area (Å²) in [6, 6.07) is 12.4. The first-order valence-electron chi connectivity index (χ1n) is 9.22. The van der Waals surface area contributed by atoms with Crippen LogP contribution < -0.4 is 9.80 Å². The number of anilines is 2. The van der Waals surface area contributed by atoms with E-state index in [2.05, 4.69) is 46.0 Å². The van der Waals surface area contributed by atoms with E-state index < -0.39 is 0 Å². The van der Waals surface area contributed by atoms with Gasteiger partial charge in [-0.15, -0.1) is 0 Å². The number of hydrogen-bond acceptors (Lipinski definition) is 5. The number of aromatic nitrogens is 2. The normalized spacial score (nSPS) is 14.4. The van der Waals surface area contributed by atoms with Crippen molar-refractivity contribution < 1.29 is 4.79 Å². The second-order valence-electron chi connectivity index (χ2n) is 6.66. The molecule has 26 heavy (non-hydrogen) atoms. The Kier molecular flexibility index (Phi) is 5.71. The molecule has 1 aliphatic heterocycles. The fourth-order valence-corrected chi connectivity index (χ4v) is 3.22. The zero-order valence-corrected chi connectivity index (χ0v) is 15.9. The molecule has 0 aliphatic carbocycles. The maximum Gasteiger partial charge on any atom is 0.227 e. The van der Waals surface area contributed by atoms with Gasteiger partial charge in [-0.25, -0.2) is 4.98 Å². The lowest BCUT2D eigenvalue weighted by Gasteiger charge is -2.35. The van der Waals surface area contributed by atoms with Crippen molar-refractivity contribution >= 4 is 17.7 Å². The summed E-state index contributed by atoms with van der Waals surface area (Å²) >= 11 is 0. The van der Waals surface area contributed by atoms with E-state index in [0.29, 0.717) is 0 Å². The van der Waals surface area contributed by atoms with E-state index in [1.54, 1.807) is 6.92 Å². The summed E-state index contributed by atoms with van der Waals surface area (Å²) in [5.41, 5.74) is 2.21. The van der Waals surface area contributed by atoms with Gasteiger partial charge >= 0.3 is 0 Å². The minimum atomic E-state index is 0.143. The van der Waals surface area contributed by atoms with E-state index in [0.717, 1.165) is 56.7 Å². The molecule has 138 valence electrons. The van der Waals surface area contributed by atoms with Gasteiger partial charge in [0.1, 0.15) is 5.82 Å². The van der Waals surface area contributed by atoms with Crippen LogP contribution in [0.15, 0.2) is 36.4 Å². The molecule has 0 saturated carbocycles. The van der Waals surface area contributed by atoms with E-state index in [-0.39, 0.29) is 5.91 Å². The molecule has 1 amide bonds. The molecule has 1 aromatic heterocycles. The van der Waals surface area contributed by atoms with Crippen molar-refractivity contribution in [2.45, 2.75) is 27.3 Å². The predicted molar refractivity (Wildman–Crippen MR) is 104 cm³/mol. The van der Waals surface area contributed by atoms with E-state index in [4.69, 9.17) is 4.98 Å². The molecule has 1 fully saturated rings. The van der Waals surface area contributed by atoms with Crippen molar-refractivity contribution in [3.63, 3.8) is 0 Å². The van der Waals surface area contributed by atoms with Crippen molar-refractivity contribution in [1.29, 1.82) is 0 Å². The third kappa shape index (κ3) is 4.31. The molecular weight excluding hydrogens is 326 g/mol. The largest absolute Gasteiger partial charge is 0.353 e. The maximum atomic E-state index is 11.5. The first-order valence-corrected chi connectivity index (χ1v) is 9.22. The number of carbonyl (C=O) groups is 1. The molecule has 2 aromatic rings. The van der Waals surface area contributed by atoms with Crippen LogP contribution in [0.2, 0.25) is 0 Å². The van der Waals surface area contributed by atoms with E-state index in [9.17, 15) is 4.79 Å². The van der Waals surface area contributed by atoms with Crippen molar-refractivity contribution in [2.75, 3.05) is 42.5 Å². The average Bonchev–Trinajstić information content (AvgIpc) is 2.66. The van der Waals surface area contributed by atoms with Gasteiger partial charge in [0.15, 0.2) is 0 Å². The molecule has 6 heteroatoms. The third-order valence-electron chi connectivity index (χ3n) is 4.76. The highest BCUT2D eigenvalue weighted by atomic mass is 16.2. The van der Waals surface area contributed by atoms with E-state index in [1.165, 1.54) is 5.56 Å². The van der Waals surface area contributed by atoms with E-state index in [1.807, 2.05) is 24.0 Å². The molecule has 1 aromatic carbocycles. The number of amides is 1. The smallest absolute Gasteiger partial charge is 0.227 e. The van der Waals surface area contributed by atoms with Crippen LogP contribution in [0.5, 0.6) is 0 Å². The zero-order valence-electron chi connectivity index (χ0n) is 15.9. The highest BCUT2D eigenvalue weighted by molar-refractivity contribution is 5.73. The van der Waals surface area contributed by atoms with Crippen molar-refractivity contribution in [3.8, 4) is 0 Å². The molecule has 1 aliphatic rings. The van der Waals surface area contributed by atoms with Gasteiger partial charge in [-0.1, -0.05) is 30.3 Å². The Labute approximate surface area is 155 Å². The lowest BCUT2D eigenvalue weighted by molar-refractivity contribution is -0.129. The summed E-state index contributed by atoms with van der Waals surface area (Å²) in [5, 5.41) is 0. The Morgan fingerprint density at radius 1 is 1.12 bits per heavy atom. The fraction of sp³-hybridized carbons (Fsp3) is 0.450. The van der Waals surface area contributed by atoms with Crippen molar-refractivity contribution in [3.05, 3.63) is 47.7 Å². The summed E-state index contributed by atoms with van der Waals surface area (Å²) in [5.74, 6) is 1.85. The average molecular weight is 353 g/mol. The number of carbonyl (C=O) groups excluding carboxylic acids is 1. The number of piperazine rings is 1. The molecule has 2 heterocycles. The summed E-state index contributed by atoms with van der Waals surface area (Å²) < 4.78 is 0. The Bertz CT molecular complexity index is 741. The number of nitrogens with zero attached hydrogens (tertiary/aromatic N) is 5. The minimum Gasteiger partial charge on any atom is -0.353 e. The molecule has 0 atom stereocenters. The maximum absolute atomic E-state index is 11.5. The van der Waals surface area contributed by atoms with E-state index >= 15 is 0 Å². The summed E-state index contributed by atoms with van der Waals surface area (Å²) in [6.07, 6.45) is 0. The first kappa shape index (κ1) is 18.2. The Hall–Kier alpha value is -2.63. The molecular formula is C20H27N5O. The Morgan fingerprint density at radius 3 is 2.42 bits per heavy atom. The summed E-state index contributed by atoms with van der Waals surface area (Å²) in [4.78, 5) is 27.3. The minimum absolute atomic E-state index is 0.143. The molecule has 0 N–H and O–H groups in total. The van der Waals surface area contributed by atoms with Crippen LogP contribution in [0, 0.1) is 6.92 Å². The highest BCUT2D eigenvalue weighted by Crippen LogP contribution is 2.20. The molecule has 0 spiro atoms. The Morgan fingerprint density at radius 2 is 1.81 bits per heavy atom. The molecule has 0 unspecified atom stereocenters. The van der Waals surface area contributed by atoms with Crippen LogP contribution in [-0.4, -0.2) is 53.5 Å². The van der Waals surface area contributed by atoms with Gasteiger partial charge in [0.2, 0.25) is 11.9 Å². The molecule has 0 bridgehead atoms. The van der Waals surface area contributed by atoms with Crippen LogP contribution >= 0.6 is 0 Å². The molecule has 0 radical (unpaired) electrons. The van der Waals surface area contributed by atoms with Crippen LogP contribution in [-0.2, 0) is 11.3 Å². The molecule has 6 nitrogen and oxygen atoms in total. The van der Waals surface area contributed by atoms with Gasteiger partial charge in [0.05, 0.1) is 0 Å². The van der Waals surface area contributed by atoms with Crippen LogP contribution in [0.3, 0.4) is 0 Å². The Balaban J connectivity index is 1.77. The van der Waals surface area contributed by atoms with Gasteiger partial charge in [0.25, 0.3) is 0 Å². The molecule has 3 rings (SSSR count). The van der Waals surface area contributed by atoms with Crippen molar-refractivity contribution in [2.24, 2.45) is 0 Å². The van der Waals surface area contributed by atoms with Gasteiger partial charge in [-0.05, 0) is 19.4 Å². The predicted octanol–water partition coefficient (Wildman–Crippen LogP) is 2.48. The lowest BCUT2D eigenvalue weighted by Crippen LogP contribution is -2.48.